The van der Waals surface area contributed by atoms with Crippen LogP contribution in [0.25, 0.3) is 16.6 Å². The van der Waals surface area contributed by atoms with E-state index < -0.39 is 0 Å². The molecule has 31 heavy (non-hydrogen) atoms. The maximum absolute atomic E-state index is 12.9. The summed E-state index contributed by atoms with van der Waals surface area (Å²) in [7, 11) is 0. The minimum absolute atomic E-state index is 0.163. The Balaban J connectivity index is 1.74. The lowest BCUT2D eigenvalue weighted by Crippen LogP contribution is -2.32. The van der Waals surface area contributed by atoms with Gasteiger partial charge in [-0.15, -0.1) is 0 Å². The lowest BCUT2D eigenvalue weighted by Gasteiger charge is -2.11. The molecule has 2 aromatic heterocycles. The zero-order chi connectivity index (χ0) is 22.1. The molecule has 1 aliphatic rings. The van der Waals surface area contributed by atoms with Crippen molar-refractivity contribution in [3.63, 3.8) is 0 Å². The van der Waals surface area contributed by atoms with Gasteiger partial charge in [0.05, 0.1) is 10.9 Å². The lowest BCUT2D eigenvalue weighted by molar-refractivity contribution is 0.0938. The van der Waals surface area contributed by atoms with Gasteiger partial charge in [0.1, 0.15) is 10.5 Å². The van der Waals surface area contributed by atoms with Gasteiger partial charge in [0.25, 0.3) is 17.4 Å². The predicted octanol–water partition coefficient (Wildman–Crippen LogP) is 4.02. The summed E-state index contributed by atoms with van der Waals surface area (Å²) in [6.45, 7) is 4.79. The fraction of sp³-hybridized carbons (Fsp3) is 0.455. The van der Waals surface area contributed by atoms with Crippen molar-refractivity contribution in [2.75, 3.05) is 6.54 Å². The summed E-state index contributed by atoms with van der Waals surface area (Å²) in [6.07, 6.45) is 5.05. The van der Waals surface area contributed by atoms with E-state index in [9.17, 15) is 14.4 Å². The van der Waals surface area contributed by atoms with Crippen molar-refractivity contribution in [1.82, 2.24) is 20.0 Å². The summed E-state index contributed by atoms with van der Waals surface area (Å²) in [5, 5.41) is 6.39. The summed E-state index contributed by atoms with van der Waals surface area (Å²) in [5.41, 5.74) is 1.04. The molecular formula is C22H26N4O3S2. The van der Waals surface area contributed by atoms with Crippen LogP contribution >= 0.6 is 23.6 Å². The van der Waals surface area contributed by atoms with Gasteiger partial charge < -0.3 is 15.6 Å². The summed E-state index contributed by atoms with van der Waals surface area (Å²) in [4.78, 5) is 41.4. The zero-order valence-corrected chi connectivity index (χ0v) is 19.3. The number of carbonyl (C=O) groups excluding carboxylic acids is 2. The van der Waals surface area contributed by atoms with Gasteiger partial charge in [0, 0.05) is 18.2 Å². The largest absolute Gasteiger partial charge is 0.352 e. The number of nitrogens with zero attached hydrogens (tertiary/aromatic N) is 1. The molecule has 0 spiro atoms. The van der Waals surface area contributed by atoms with Crippen molar-refractivity contribution in [3.8, 4) is 0 Å². The van der Waals surface area contributed by atoms with E-state index in [1.165, 1.54) is 11.3 Å². The number of thiazole rings is 1. The Hall–Kier alpha value is -2.52. The van der Waals surface area contributed by atoms with E-state index >= 15 is 0 Å². The van der Waals surface area contributed by atoms with Crippen molar-refractivity contribution < 1.29 is 9.59 Å². The monoisotopic (exact) mass is 458 g/mol. The Morgan fingerprint density at radius 1 is 1.26 bits per heavy atom. The fourth-order valence-corrected chi connectivity index (χ4v) is 5.27. The number of H-pyrrole nitrogens is 1. The second-order valence-corrected chi connectivity index (χ2v) is 10.1. The van der Waals surface area contributed by atoms with E-state index in [-0.39, 0.29) is 23.4 Å². The van der Waals surface area contributed by atoms with E-state index in [1.807, 2.05) is 0 Å². The number of carbonyl (C=O) groups is 2. The first-order chi connectivity index (χ1) is 14.8. The molecule has 0 bridgehead atoms. The number of rotatable bonds is 6. The summed E-state index contributed by atoms with van der Waals surface area (Å²) < 4.78 is 2.13. The third kappa shape index (κ3) is 4.43. The van der Waals surface area contributed by atoms with Gasteiger partial charge in [-0.1, -0.05) is 38.0 Å². The van der Waals surface area contributed by atoms with Gasteiger partial charge in [-0.3, -0.25) is 18.8 Å². The minimum Gasteiger partial charge on any atom is -0.352 e. The number of hydrogen-bond acceptors (Lipinski definition) is 5. The van der Waals surface area contributed by atoms with Crippen molar-refractivity contribution >= 4 is 51.9 Å². The third-order valence-electron chi connectivity index (χ3n) is 5.69. The molecule has 3 N–H and O–H groups in total. The molecule has 0 aliphatic heterocycles. The van der Waals surface area contributed by atoms with E-state index in [0.717, 1.165) is 32.1 Å². The molecule has 0 atom stereocenters. The Bertz CT molecular complexity index is 1270. The Labute approximate surface area is 188 Å². The first kappa shape index (κ1) is 21.7. The number of hydrogen-bond donors (Lipinski definition) is 3. The van der Waals surface area contributed by atoms with Gasteiger partial charge in [-0.2, -0.15) is 0 Å². The highest BCUT2D eigenvalue weighted by molar-refractivity contribution is 7.73. The average molecular weight is 459 g/mol. The standard InChI is InChI=1S/C22H26N4O3S2/c1-12(2)9-10-23-19(27)13-7-8-15-16(11-13)26-18(25-20(15)28)17(31-22(26)30)21(29)24-14-5-3-4-6-14/h7-8,11-12,14H,3-6,9-10H2,1-2H3,(H,23,27)(H,24,29)(H,25,28). The first-order valence-electron chi connectivity index (χ1n) is 10.7. The van der Waals surface area contributed by atoms with Crippen molar-refractivity contribution in [3.05, 3.63) is 42.9 Å². The van der Waals surface area contributed by atoms with Crippen LogP contribution < -0.4 is 16.2 Å². The molecule has 2 heterocycles. The topological polar surface area (TPSA) is 95.5 Å². The summed E-state index contributed by atoms with van der Waals surface area (Å²) in [6, 6.07) is 5.10. The van der Waals surface area contributed by atoms with E-state index in [2.05, 4.69) is 29.5 Å². The van der Waals surface area contributed by atoms with Crippen LogP contribution in [0.1, 0.15) is 66.0 Å². The van der Waals surface area contributed by atoms with Crippen molar-refractivity contribution in [2.24, 2.45) is 5.92 Å². The quantitative estimate of drug-likeness (QED) is 0.486. The number of benzene rings is 1. The zero-order valence-electron chi connectivity index (χ0n) is 17.6. The summed E-state index contributed by atoms with van der Waals surface area (Å²) in [5.74, 6) is 0.0769. The van der Waals surface area contributed by atoms with Gasteiger partial charge in [-0.25, -0.2) is 0 Å². The number of nitrogens with one attached hydrogen (secondary N) is 3. The second-order valence-electron chi connectivity index (χ2n) is 8.46. The fourth-order valence-electron chi connectivity index (χ4n) is 3.98. The van der Waals surface area contributed by atoms with Crippen LogP contribution in [0.4, 0.5) is 0 Å². The maximum Gasteiger partial charge on any atom is 0.265 e. The molecule has 0 unspecified atom stereocenters. The molecule has 9 heteroatoms. The summed E-state index contributed by atoms with van der Waals surface area (Å²) >= 11 is 6.70. The molecule has 0 radical (unpaired) electrons. The Morgan fingerprint density at radius 2 is 2.00 bits per heavy atom. The van der Waals surface area contributed by atoms with Crippen molar-refractivity contribution in [1.29, 1.82) is 0 Å². The third-order valence-corrected chi connectivity index (χ3v) is 7.06. The van der Waals surface area contributed by atoms with Crippen LogP contribution in [0.5, 0.6) is 0 Å². The highest BCUT2D eigenvalue weighted by Gasteiger charge is 2.23. The number of aromatic amines is 1. The number of fused-ring (bicyclic) bond motifs is 3. The minimum atomic E-state index is -0.315. The molecule has 164 valence electrons. The molecule has 1 aromatic carbocycles. The highest BCUT2D eigenvalue weighted by Crippen LogP contribution is 2.25. The van der Waals surface area contributed by atoms with Crippen LogP contribution in [0.3, 0.4) is 0 Å². The SMILES string of the molecule is CC(C)CCNC(=O)c1ccc2c(=O)[nH]c3c(C(=O)NC4CCCC4)sc(=S)n3c2c1. The van der Waals surface area contributed by atoms with Crippen molar-refractivity contribution in [2.45, 2.75) is 52.0 Å². The van der Waals surface area contributed by atoms with Crippen LogP contribution in [0.15, 0.2) is 23.0 Å². The van der Waals surface area contributed by atoms with E-state index in [4.69, 9.17) is 12.2 Å². The predicted molar refractivity (Wildman–Crippen MR) is 126 cm³/mol. The first-order valence-corrected chi connectivity index (χ1v) is 11.9. The molecule has 1 saturated carbocycles. The van der Waals surface area contributed by atoms with Gasteiger partial charge in [0.15, 0.2) is 3.95 Å². The Kier molecular flexibility index (Phi) is 6.24. The molecule has 1 fully saturated rings. The van der Waals surface area contributed by atoms with Gasteiger partial charge >= 0.3 is 0 Å². The molecule has 1 aliphatic carbocycles. The average Bonchev–Trinajstić information content (AvgIpc) is 3.35. The molecule has 2 amide bonds. The molecule has 0 saturated heterocycles. The molecule has 3 aromatic rings. The number of aromatic nitrogens is 2. The van der Waals surface area contributed by atoms with Gasteiger partial charge in [0.2, 0.25) is 0 Å². The normalized spacial score (nSPS) is 14.5. The van der Waals surface area contributed by atoms with Crippen LogP contribution in [0, 0.1) is 9.87 Å². The van der Waals surface area contributed by atoms with Gasteiger partial charge in [-0.05, 0) is 55.6 Å². The van der Waals surface area contributed by atoms with Crippen LogP contribution in [0.2, 0.25) is 0 Å². The maximum atomic E-state index is 12.9. The Morgan fingerprint density at radius 3 is 2.71 bits per heavy atom. The number of amides is 2. The van der Waals surface area contributed by atoms with Crippen LogP contribution in [-0.4, -0.2) is 33.8 Å². The van der Waals surface area contributed by atoms with E-state index in [0.29, 0.717) is 43.4 Å². The highest BCUT2D eigenvalue weighted by atomic mass is 32.1. The van der Waals surface area contributed by atoms with Crippen LogP contribution in [-0.2, 0) is 0 Å². The molecule has 4 rings (SSSR count). The second kappa shape index (κ2) is 8.92. The molecule has 7 nitrogen and oxygen atoms in total. The molecular weight excluding hydrogens is 432 g/mol. The lowest BCUT2D eigenvalue weighted by atomic mass is 10.1. The smallest absolute Gasteiger partial charge is 0.265 e. The van der Waals surface area contributed by atoms with E-state index in [1.54, 1.807) is 22.6 Å².